The Balaban J connectivity index is 1.87. The number of nitrogens with zero attached hydrogens (tertiary/aromatic N) is 1. The van der Waals surface area contributed by atoms with Crippen molar-refractivity contribution in [3.8, 4) is 5.75 Å². The van der Waals surface area contributed by atoms with E-state index in [1.165, 1.54) is 10.4 Å². The molecule has 2 N–H and O–H groups in total. The number of guanidine groups is 1. The van der Waals surface area contributed by atoms with E-state index in [1.54, 1.807) is 18.4 Å². The average molecular weight is 317 g/mol. The van der Waals surface area contributed by atoms with Gasteiger partial charge in [-0.15, -0.1) is 11.3 Å². The summed E-state index contributed by atoms with van der Waals surface area (Å²) in [7, 11) is 1.71. The molecule has 4 nitrogen and oxygen atoms in total. The van der Waals surface area contributed by atoms with Crippen LogP contribution in [0.15, 0.2) is 46.8 Å². The van der Waals surface area contributed by atoms with Gasteiger partial charge in [-0.3, -0.25) is 0 Å². The molecule has 0 amide bonds. The first-order valence-corrected chi connectivity index (χ1v) is 8.38. The van der Waals surface area contributed by atoms with Crippen LogP contribution >= 0.6 is 11.3 Å². The molecule has 0 saturated heterocycles. The molecule has 2 aromatic rings. The van der Waals surface area contributed by atoms with Gasteiger partial charge in [-0.05, 0) is 36.4 Å². The third kappa shape index (κ3) is 5.07. The Bertz CT molecular complexity index is 581. The minimum Gasteiger partial charge on any atom is -0.496 e. The van der Waals surface area contributed by atoms with Gasteiger partial charge in [0.1, 0.15) is 5.75 Å². The first-order chi connectivity index (χ1) is 10.8. The van der Waals surface area contributed by atoms with Crippen LogP contribution in [-0.4, -0.2) is 26.2 Å². The van der Waals surface area contributed by atoms with Crippen molar-refractivity contribution in [2.24, 2.45) is 4.99 Å². The summed E-state index contributed by atoms with van der Waals surface area (Å²) in [6.45, 7) is 4.45. The van der Waals surface area contributed by atoms with Crippen molar-refractivity contribution in [2.75, 3.05) is 20.2 Å². The molecule has 0 aliphatic rings. The summed E-state index contributed by atoms with van der Waals surface area (Å²) in [4.78, 5) is 5.87. The van der Waals surface area contributed by atoms with Gasteiger partial charge in [0.05, 0.1) is 13.7 Å². The Morgan fingerprint density at radius 1 is 1.18 bits per heavy atom. The molecule has 1 heterocycles. The molecule has 2 rings (SSSR count). The largest absolute Gasteiger partial charge is 0.496 e. The Labute approximate surface area is 136 Å². The Kier molecular flexibility index (Phi) is 6.77. The number of hydrogen-bond donors (Lipinski definition) is 2. The van der Waals surface area contributed by atoms with Crippen molar-refractivity contribution in [1.29, 1.82) is 0 Å². The summed E-state index contributed by atoms with van der Waals surface area (Å²) in [5.74, 6) is 1.79. The second kappa shape index (κ2) is 9.10. The molecule has 5 heteroatoms. The molecule has 0 unspecified atom stereocenters. The molecule has 0 atom stereocenters. The standard InChI is InChI=1S/C17H23N3OS/c1-3-18-17(20-13-15-8-6-12-22-15)19-11-10-14-7-4-5-9-16(14)21-2/h4-9,12H,3,10-11,13H2,1-2H3,(H2,18,19,20). The third-order valence-corrected chi connectivity index (χ3v) is 4.06. The first kappa shape index (κ1) is 16.4. The number of para-hydroxylation sites is 1. The van der Waals surface area contributed by atoms with E-state index >= 15 is 0 Å². The van der Waals surface area contributed by atoms with E-state index in [9.17, 15) is 0 Å². The molecule has 0 radical (unpaired) electrons. The van der Waals surface area contributed by atoms with E-state index in [-0.39, 0.29) is 0 Å². The topological polar surface area (TPSA) is 45.7 Å². The third-order valence-electron chi connectivity index (χ3n) is 3.20. The van der Waals surface area contributed by atoms with Crippen LogP contribution in [0.4, 0.5) is 0 Å². The van der Waals surface area contributed by atoms with E-state index in [4.69, 9.17) is 4.74 Å². The van der Waals surface area contributed by atoms with Crippen LogP contribution in [0, 0.1) is 0 Å². The highest BCUT2D eigenvalue weighted by Crippen LogP contribution is 2.17. The van der Waals surface area contributed by atoms with Gasteiger partial charge < -0.3 is 15.4 Å². The second-order valence-corrected chi connectivity index (χ2v) is 5.80. The normalized spacial score (nSPS) is 11.3. The number of methoxy groups -OCH3 is 1. The highest BCUT2D eigenvalue weighted by atomic mass is 32.1. The number of aliphatic imine (C=N–C) groups is 1. The fraction of sp³-hybridized carbons (Fsp3) is 0.353. The summed E-state index contributed by atoms with van der Waals surface area (Å²) >= 11 is 1.73. The highest BCUT2D eigenvalue weighted by Gasteiger charge is 2.02. The van der Waals surface area contributed by atoms with E-state index in [0.717, 1.165) is 31.2 Å². The lowest BCUT2D eigenvalue weighted by atomic mass is 10.1. The number of rotatable bonds is 7. The van der Waals surface area contributed by atoms with Crippen molar-refractivity contribution < 1.29 is 4.74 Å². The van der Waals surface area contributed by atoms with E-state index in [1.807, 2.05) is 18.2 Å². The van der Waals surface area contributed by atoms with Gasteiger partial charge in [-0.2, -0.15) is 0 Å². The molecule has 0 aliphatic heterocycles. The molecule has 0 aliphatic carbocycles. The van der Waals surface area contributed by atoms with Crippen LogP contribution in [-0.2, 0) is 13.0 Å². The van der Waals surface area contributed by atoms with Gasteiger partial charge >= 0.3 is 0 Å². The fourth-order valence-electron chi connectivity index (χ4n) is 2.13. The Hall–Kier alpha value is -2.01. The van der Waals surface area contributed by atoms with Gasteiger partial charge in [0.15, 0.2) is 5.96 Å². The van der Waals surface area contributed by atoms with Gasteiger partial charge in [-0.25, -0.2) is 4.99 Å². The summed E-state index contributed by atoms with van der Waals surface area (Å²) < 4.78 is 5.37. The second-order valence-electron chi connectivity index (χ2n) is 4.76. The lowest BCUT2D eigenvalue weighted by Crippen LogP contribution is -2.38. The smallest absolute Gasteiger partial charge is 0.191 e. The number of thiophene rings is 1. The van der Waals surface area contributed by atoms with Gasteiger partial charge in [0, 0.05) is 18.0 Å². The molecule has 0 saturated carbocycles. The molecular weight excluding hydrogens is 294 g/mol. The summed E-state index contributed by atoms with van der Waals surface area (Å²) in [6, 6.07) is 12.3. The van der Waals surface area contributed by atoms with Crippen LogP contribution in [0.25, 0.3) is 0 Å². The fourth-order valence-corrected chi connectivity index (χ4v) is 2.75. The van der Waals surface area contributed by atoms with Crippen molar-refractivity contribution in [3.63, 3.8) is 0 Å². The molecular formula is C17H23N3OS. The first-order valence-electron chi connectivity index (χ1n) is 7.50. The number of hydrogen-bond acceptors (Lipinski definition) is 3. The highest BCUT2D eigenvalue weighted by molar-refractivity contribution is 7.09. The van der Waals surface area contributed by atoms with Crippen LogP contribution < -0.4 is 15.4 Å². The van der Waals surface area contributed by atoms with Crippen LogP contribution in [0.2, 0.25) is 0 Å². The summed E-state index contributed by atoms with van der Waals surface area (Å²) in [5.41, 5.74) is 1.20. The molecule has 0 bridgehead atoms. The van der Waals surface area contributed by atoms with Crippen molar-refractivity contribution in [2.45, 2.75) is 19.9 Å². The number of benzene rings is 1. The molecule has 1 aromatic carbocycles. The van der Waals surface area contributed by atoms with Crippen LogP contribution in [0.3, 0.4) is 0 Å². The van der Waals surface area contributed by atoms with Gasteiger partial charge in [0.25, 0.3) is 0 Å². The quantitative estimate of drug-likeness (QED) is 0.609. The summed E-state index contributed by atoms with van der Waals surface area (Å²) in [5, 5.41) is 8.72. The molecule has 1 aromatic heterocycles. The maximum Gasteiger partial charge on any atom is 0.191 e. The maximum absolute atomic E-state index is 5.37. The van der Waals surface area contributed by atoms with Crippen LogP contribution in [0.1, 0.15) is 17.4 Å². The SMILES string of the molecule is CCNC(=NCc1cccs1)NCCc1ccccc1OC. The zero-order valence-electron chi connectivity index (χ0n) is 13.1. The summed E-state index contributed by atoms with van der Waals surface area (Å²) in [6.07, 6.45) is 0.896. The predicted octanol–water partition coefficient (Wildman–Crippen LogP) is 3.05. The minimum absolute atomic E-state index is 0.710. The van der Waals surface area contributed by atoms with E-state index in [0.29, 0.717) is 6.54 Å². The molecule has 22 heavy (non-hydrogen) atoms. The Morgan fingerprint density at radius 2 is 2.05 bits per heavy atom. The minimum atomic E-state index is 0.710. The zero-order chi connectivity index (χ0) is 15.6. The predicted molar refractivity (Wildman–Crippen MR) is 93.8 cm³/mol. The van der Waals surface area contributed by atoms with Gasteiger partial charge in [0.2, 0.25) is 0 Å². The molecule has 0 fully saturated rings. The molecule has 0 spiro atoms. The monoisotopic (exact) mass is 317 g/mol. The van der Waals surface area contributed by atoms with Crippen molar-refractivity contribution >= 4 is 17.3 Å². The molecule has 118 valence electrons. The van der Waals surface area contributed by atoms with Crippen molar-refractivity contribution in [1.82, 2.24) is 10.6 Å². The Morgan fingerprint density at radius 3 is 2.77 bits per heavy atom. The maximum atomic E-state index is 5.37. The van der Waals surface area contributed by atoms with Crippen LogP contribution in [0.5, 0.6) is 5.75 Å². The van der Waals surface area contributed by atoms with Crippen molar-refractivity contribution in [3.05, 3.63) is 52.2 Å². The van der Waals surface area contributed by atoms with E-state index < -0.39 is 0 Å². The average Bonchev–Trinajstić information content (AvgIpc) is 3.06. The number of ether oxygens (including phenoxy) is 1. The zero-order valence-corrected chi connectivity index (χ0v) is 14.0. The lowest BCUT2D eigenvalue weighted by molar-refractivity contribution is 0.409. The number of nitrogens with one attached hydrogen (secondary N) is 2. The lowest BCUT2D eigenvalue weighted by Gasteiger charge is -2.12. The van der Waals surface area contributed by atoms with E-state index in [2.05, 4.69) is 46.1 Å². The van der Waals surface area contributed by atoms with Gasteiger partial charge in [-0.1, -0.05) is 24.3 Å².